The van der Waals surface area contributed by atoms with Crippen LogP contribution in [0, 0.1) is 11.6 Å². The van der Waals surface area contributed by atoms with E-state index in [0.717, 1.165) is 18.2 Å². The van der Waals surface area contributed by atoms with E-state index in [1.165, 1.54) is 0 Å². The Morgan fingerprint density at radius 2 is 1.74 bits per heavy atom. The van der Waals surface area contributed by atoms with Gasteiger partial charge in [-0.2, -0.15) is 13.2 Å². The quantitative estimate of drug-likeness (QED) is 0.621. The summed E-state index contributed by atoms with van der Waals surface area (Å²) in [5.41, 5.74) is -0.481. The topological polar surface area (TPSA) is 32.3 Å². The minimum absolute atomic E-state index is 0.00659. The fraction of sp³-hybridized carbons (Fsp3) is 0.500. The Hall–Kier alpha value is -1.21. The van der Waals surface area contributed by atoms with E-state index in [1.54, 1.807) is 0 Å². The van der Waals surface area contributed by atoms with Crippen molar-refractivity contribution in [1.29, 1.82) is 0 Å². The summed E-state index contributed by atoms with van der Waals surface area (Å²) in [7, 11) is 0. The zero-order chi connectivity index (χ0) is 14.5. The van der Waals surface area contributed by atoms with Gasteiger partial charge in [0.15, 0.2) is 0 Å². The highest BCUT2D eigenvalue weighted by Crippen LogP contribution is 2.21. The summed E-state index contributed by atoms with van der Waals surface area (Å²) in [6, 6.07) is 3.17. The minimum atomic E-state index is -4.22. The lowest BCUT2D eigenvalue weighted by Gasteiger charge is -2.14. The van der Waals surface area contributed by atoms with Crippen LogP contribution in [0.3, 0.4) is 0 Å². The van der Waals surface area contributed by atoms with Crippen LogP contribution >= 0.6 is 0 Å². The number of rotatable bonds is 6. The number of aliphatic hydroxyl groups is 1. The van der Waals surface area contributed by atoms with Crippen LogP contribution in [0.25, 0.3) is 0 Å². The SMILES string of the molecule is OC(CNCCCC(F)(F)F)c1c(F)cccc1F. The van der Waals surface area contributed by atoms with Gasteiger partial charge in [0, 0.05) is 13.0 Å². The standard InChI is InChI=1S/C12H14F5NO/c13-8-3-1-4-9(14)11(8)10(19)7-18-6-2-5-12(15,16)17/h1,3-4,10,18-19H,2,5-7H2. The monoisotopic (exact) mass is 283 g/mol. The summed E-state index contributed by atoms with van der Waals surface area (Å²) in [4.78, 5) is 0. The predicted octanol–water partition coefficient (Wildman–Crippen LogP) is 2.93. The van der Waals surface area contributed by atoms with Gasteiger partial charge in [-0.3, -0.25) is 0 Å². The molecule has 1 aromatic carbocycles. The first-order valence-electron chi connectivity index (χ1n) is 5.70. The van der Waals surface area contributed by atoms with Gasteiger partial charge in [-0.1, -0.05) is 6.07 Å². The molecule has 0 radical (unpaired) electrons. The lowest BCUT2D eigenvalue weighted by Crippen LogP contribution is -2.24. The number of alkyl halides is 3. The Bertz CT molecular complexity index is 387. The van der Waals surface area contributed by atoms with Crippen LogP contribution in [0.15, 0.2) is 18.2 Å². The Morgan fingerprint density at radius 3 is 2.26 bits per heavy atom. The van der Waals surface area contributed by atoms with Crippen LogP contribution in [-0.2, 0) is 0 Å². The Labute approximate surface area is 107 Å². The highest BCUT2D eigenvalue weighted by molar-refractivity contribution is 5.22. The molecule has 7 heteroatoms. The molecular formula is C12H14F5NO. The molecule has 108 valence electrons. The van der Waals surface area contributed by atoms with Crippen molar-refractivity contribution in [3.8, 4) is 0 Å². The van der Waals surface area contributed by atoms with E-state index >= 15 is 0 Å². The Balaban J connectivity index is 2.38. The van der Waals surface area contributed by atoms with E-state index < -0.39 is 35.9 Å². The van der Waals surface area contributed by atoms with Crippen LogP contribution in [0.4, 0.5) is 22.0 Å². The van der Waals surface area contributed by atoms with E-state index in [0.29, 0.717) is 0 Å². The van der Waals surface area contributed by atoms with E-state index in [1.807, 2.05) is 0 Å². The van der Waals surface area contributed by atoms with Gasteiger partial charge in [-0.05, 0) is 25.1 Å². The van der Waals surface area contributed by atoms with Crippen LogP contribution < -0.4 is 5.32 Å². The molecule has 2 nitrogen and oxygen atoms in total. The van der Waals surface area contributed by atoms with Crippen LogP contribution in [0.2, 0.25) is 0 Å². The van der Waals surface area contributed by atoms with Crippen molar-refractivity contribution in [2.45, 2.75) is 25.1 Å². The Kier molecular flexibility index (Phi) is 5.68. The molecule has 0 aliphatic carbocycles. The molecule has 0 heterocycles. The molecule has 1 unspecified atom stereocenters. The number of nitrogens with one attached hydrogen (secondary N) is 1. The molecule has 0 saturated heterocycles. The molecule has 2 N–H and O–H groups in total. The number of hydrogen-bond acceptors (Lipinski definition) is 2. The molecule has 0 aliphatic rings. The van der Waals surface area contributed by atoms with Crippen molar-refractivity contribution >= 4 is 0 Å². The summed E-state index contributed by atoms with van der Waals surface area (Å²) in [5, 5.41) is 12.1. The van der Waals surface area contributed by atoms with Crippen LogP contribution in [0.5, 0.6) is 0 Å². The van der Waals surface area contributed by atoms with E-state index in [2.05, 4.69) is 5.32 Å². The van der Waals surface area contributed by atoms with Crippen molar-refractivity contribution in [3.63, 3.8) is 0 Å². The number of hydrogen-bond donors (Lipinski definition) is 2. The molecule has 0 fully saturated rings. The molecule has 0 spiro atoms. The third-order valence-corrected chi connectivity index (χ3v) is 2.48. The first-order valence-corrected chi connectivity index (χ1v) is 5.70. The fourth-order valence-electron chi connectivity index (χ4n) is 1.58. The first-order chi connectivity index (χ1) is 8.81. The molecule has 0 saturated carbocycles. The average molecular weight is 283 g/mol. The molecule has 1 atom stereocenters. The molecule has 0 aromatic heterocycles. The second-order valence-electron chi connectivity index (χ2n) is 4.07. The van der Waals surface area contributed by atoms with Gasteiger partial charge in [0.1, 0.15) is 11.6 Å². The zero-order valence-electron chi connectivity index (χ0n) is 9.97. The molecule has 0 amide bonds. The molecular weight excluding hydrogens is 269 g/mol. The largest absolute Gasteiger partial charge is 0.389 e. The van der Waals surface area contributed by atoms with Crippen LogP contribution in [-0.4, -0.2) is 24.4 Å². The highest BCUT2D eigenvalue weighted by Gasteiger charge is 2.26. The minimum Gasteiger partial charge on any atom is -0.387 e. The van der Waals surface area contributed by atoms with Gasteiger partial charge in [0.05, 0.1) is 11.7 Å². The zero-order valence-corrected chi connectivity index (χ0v) is 9.97. The van der Waals surface area contributed by atoms with E-state index in [4.69, 9.17) is 0 Å². The third kappa shape index (κ3) is 5.52. The van der Waals surface area contributed by atoms with Crippen molar-refractivity contribution < 1.29 is 27.1 Å². The lowest BCUT2D eigenvalue weighted by atomic mass is 10.1. The maximum absolute atomic E-state index is 13.3. The fourth-order valence-corrected chi connectivity index (χ4v) is 1.58. The summed E-state index contributed by atoms with van der Waals surface area (Å²) in [6.07, 6.45) is -6.76. The van der Waals surface area contributed by atoms with Gasteiger partial charge in [-0.15, -0.1) is 0 Å². The highest BCUT2D eigenvalue weighted by atomic mass is 19.4. The van der Waals surface area contributed by atoms with Crippen molar-refractivity contribution in [3.05, 3.63) is 35.4 Å². The van der Waals surface area contributed by atoms with Crippen LogP contribution in [0.1, 0.15) is 24.5 Å². The second-order valence-corrected chi connectivity index (χ2v) is 4.07. The van der Waals surface area contributed by atoms with E-state index in [9.17, 15) is 27.1 Å². The van der Waals surface area contributed by atoms with Gasteiger partial charge < -0.3 is 10.4 Å². The number of halogens is 5. The summed E-state index contributed by atoms with van der Waals surface area (Å²) in [5.74, 6) is -1.77. The smallest absolute Gasteiger partial charge is 0.387 e. The molecule has 1 aromatic rings. The Morgan fingerprint density at radius 1 is 1.16 bits per heavy atom. The normalized spacial score (nSPS) is 13.6. The number of benzene rings is 1. The molecule has 0 aliphatic heterocycles. The summed E-state index contributed by atoms with van der Waals surface area (Å²) < 4.78 is 62.0. The molecule has 19 heavy (non-hydrogen) atoms. The van der Waals surface area contributed by atoms with Gasteiger partial charge >= 0.3 is 6.18 Å². The predicted molar refractivity (Wildman–Crippen MR) is 59.5 cm³/mol. The third-order valence-electron chi connectivity index (χ3n) is 2.48. The first kappa shape index (κ1) is 15.8. The van der Waals surface area contributed by atoms with Crippen molar-refractivity contribution in [1.82, 2.24) is 5.32 Å². The lowest BCUT2D eigenvalue weighted by molar-refractivity contribution is -0.135. The summed E-state index contributed by atoms with van der Waals surface area (Å²) in [6.45, 7) is -0.206. The number of aliphatic hydroxyl groups excluding tert-OH is 1. The van der Waals surface area contributed by atoms with Crippen molar-refractivity contribution in [2.75, 3.05) is 13.1 Å². The maximum atomic E-state index is 13.3. The second kappa shape index (κ2) is 6.81. The maximum Gasteiger partial charge on any atom is 0.389 e. The van der Waals surface area contributed by atoms with Gasteiger partial charge in [0.25, 0.3) is 0 Å². The van der Waals surface area contributed by atoms with E-state index in [-0.39, 0.29) is 19.5 Å². The average Bonchev–Trinajstić information content (AvgIpc) is 2.26. The molecule has 1 rings (SSSR count). The van der Waals surface area contributed by atoms with Crippen molar-refractivity contribution in [2.24, 2.45) is 0 Å². The summed E-state index contributed by atoms with van der Waals surface area (Å²) >= 11 is 0. The van der Waals surface area contributed by atoms with Gasteiger partial charge in [0.2, 0.25) is 0 Å². The van der Waals surface area contributed by atoms with Gasteiger partial charge in [-0.25, -0.2) is 8.78 Å². The molecule has 0 bridgehead atoms.